The van der Waals surface area contributed by atoms with Crippen molar-refractivity contribution < 1.29 is 13.9 Å². The van der Waals surface area contributed by atoms with Crippen molar-refractivity contribution in [1.82, 2.24) is 14.5 Å². The van der Waals surface area contributed by atoms with Crippen LogP contribution >= 0.6 is 11.6 Å². The summed E-state index contributed by atoms with van der Waals surface area (Å²) in [6.45, 7) is 2.96. The van der Waals surface area contributed by atoms with Crippen LogP contribution in [-0.2, 0) is 22.6 Å². The number of esters is 1. The summed E-state index contributed by atoms with van der Waals surface area (Å²) in [6, 6.07) is 12.8. The molecule has 30 heavy (non-hydrogen) atoms. The van der Waals surface area contributed by atoms with E-state index in [1.54, 1.807) is 12.1 Å². The molecule has 2 fully saturated rings. The predicted molar refractivity (Wildman–Crippen MR) is 113 cm³/mol. The zero-order valence-corrected chi connectivity index (χ0v) is 17.3. The number of cyclic esters (lactones) is 1. The Hall–Kier alpha value is -2.44. The number of hydrogen-bond donors (Lipinski definition) is 0. The summed E-state index contributed by atoms with van der Waals surface area (Å²) in [5, 5.41) is 0.148. The van der Waals surface area contributed by atoms with Gasteiger partial charge in [0.25, 0.3) is 0 Å². The minimum Gasteiger partial charge on any atom is -0.460 e. The molecule has 0 amide bonds. The molecule has 2 aliphatic rings. The number of hydrogen-bond acceptors (Lipinski definition) is 4. The van der Waals surface area contributed by atoms with Crippen LogP contribution in [0.4, 0.5) is 4.39 Å². The van der Waals surface area contributed by atoms with Gasteiger partial charge in [-0.25, -0.2) is 9.37 Å². The minimum absolute atomic E-state index is 0.0682. The van der Waals surface area contributed by atoms with Crippen LogP contribution in [0.5, 0.6) is 0 Å². The van der Waals surface area contributed by atoms with Crippen molar-refractivity contribution in [3.63, 3.8) is 0 Å². The number of rotatable bonds is 4. The number of benzene rings is 2. The first kappa shape index (κ1) is 19.5. The first-order valence-corrected chi connectivity index (χ1v) is 10.7. The van der Waals surface area contributed by atoms with Crippen LogP contribution in [0.15, 0.2) is 48.8 Å². The monoisotopic (exact) mass is 427 g/mol. The van der Waals surface area contributed by atoms with Crippen LogP contribution in [0.3, 0.4) is 0 Å². The molecule has 2 aliphatic heterocycles. The highest BCUT2D eigenvalue weighted by atomic mass is 35.5. The topological polar surface area (TPSA) is 47.4 Å². The van der Waals surface area contributed by atoms with Crippen molar-refractivity contribution in [2.24, 2.45) is 5.41 Å². The van der Waals surface area contributed by atoms with Gasteiger partial charge < -0.3 is 9.30 Å². The van der Waals surface area contributed by atoms with Gasteiger partial charge in [0, 0.05) is 13.0 Å². The largest absolute Gasteiger partial charge is 0.460 e. The van der Waals surface area contributed by atoms with Crippen molar-refractivity contribution in [3.05, 3.63) is 65.2 Å². The number of carbonyl (C=O) groups excluding carboxylic acids is 1. The average Bonchev–Trinajstić information content (AvgIpc) is 3.28. The van der Waals surface area contributed by atoms with Gasteiger partial charge in [0.15, 0.2) is 0 Å². The van der Waals surface area contributed by atoms with E-state index in [4.69, 9.17) is 16.3 Å². The Morgan fingerprint density at radius 2 is 2.00 bits per heavy atom. The van der Waals surface area contributed by atoms with Crippen LogP contribution in [0.25, 0.3) is 11.0 Å². The first-order chi connectivity index (χ1) is 14.5. The number of ether oxygens (including phenoxy) is 1. The molecule has 0 aliphatic carbocycles. The fourth-order valence-electron chi connectivity index (χ4n) is 4.76. The lowest BCUT2D eigenvalue weighted by Crippen LogP contribution is -2.42. The third kappa shape index (κ3) is 3.59. The highest BCUT2D eigenvalue weighted by Crippen LogP contribution is 2.43. The molecule has 7 heteroatoms. The van der Waals surface area contributed by atoms with Crippen molar-refractivity contribution in [2.75, 3.05) is 13.1 Å². The van der Waals surface area contributed by atoms with Crippen molar-refractivity contribution in [2.45, 2.75) is 38.5 Å². The molecule has 2 aromatic carbocycles. The Balaban J connectivity index is 1.22. The first-order valence-electron chi connectivity index (χ1n) is 10.3. The maximum Gasteiger partial charge on any atom is 0.312 e. The van der Waals surface area contributed by atoms with E-state index in [9.17, 15) is 9.18 Å². The highest BCUT2D eigenvalue weighted by molar-refractivity contribution is 6.30. The Kier molecular flexibility index (Phi) is 4.99. The fourth-order valence-corrected chi connectivity index (χ4v) is 4.96. The molecule has 0 radical (unpaired) electrons. The summed E-state index contributed by atoms with van der Waals surface area (Å²) < 4.78 is 21.2. The second-order valence-electron chi connectivity index (χ2n) is 8.42. The normalized spacial score (nSPS) is 21.4. The molecule has 0 saturated carbocycles. The van der Waals surface area contributed by atoms with Crippen LogP contribution in [0.2, 0.25) is 5.02 Å². The van der Waals surface area contributed by atoms with E-state index in [0.717, 1.165) is 48.9 Å². The second-order valence-corrected chi connectivity index (χ2v) is 8.83. The number of fused-ring (bicyclic) bond motifs is 1. The van der Waals surface area contributed by atoms with Crippen LogP contribution < -0.4 is 0 Å². The Morgan fingerprint density at radius 1 is 1.20 bits per heavy atom. The lowest BCUT2D eigenvalue weighted by molar-refractivity contribution is -0.151. The molecule has 1 spiro atoms. The molecule has 0 bridgehead atoms. The van der Waals surface area contributed by atoms with E-state index >= 15 is 0 Å². The minimum atomic E-state index is -0.400. The summed E-state index contributed by atoms with van der Waals surface area (Å²) in [6.07, 6.45) is 4.00. The zero-order chi connectivity index (χ0) is 20.7. The number of likely N-dealkylation sites (tertiary alicyclic amines) is 1. The summed E-state index contributed by atoms with van der Waals surface area (Å²) in [7, 11) is 0. The van der Waals surface area contributed by atoms with E-state index in [0.29, 0.717) is 13.1 Å². The van der Waals surface area contributed by atoms with Gasteiger partial charge in [-0.3, -0.25) is 9.69 Å². The number of para-hydroxylation sites is 2. The molecule has 1 aromatic heterocycles. The van der Waals surface area contributed by atoms with E-state index in [-0.39, 0.29) is 17.1 Å². The number of imidazole rings is 1. The molecule has 5 nitrogen and oxygen atoms in total. The number of aromatic nitrogens is 2. The van der Waals surface area contributed by atoms with Crippen LogP contribution in [0, 0.1) is 11.2 Å². The molecule has 1 atom stereocenters. The Morgan fingerprint density at radius 3 is 2.80 bits per heavy atom. The van der Waals surface area contributed by atoms with Gasteiger partial charge in [0.05, 0.1) is 34.3 Å². The van der Waals surface area contributed by atoms with Crippen molar-refractivity contribution in [1.29, 1.82) is 0 Å². The van der Waals surface area contributed by atoms with Gasteiger partial charge in [-0.15, -0.1) is 0 Å². The standard InChI is InChI=1S/C23H23ClFN3O2/c24-18-11-16(5-6-19(18)25)13-27-9-7-23(8-10-27)12-17(30-22(23)29)14-28-15-26-20-3-1-2-4-21(20)28/h1-6,11,15,17H,7-10,12-14H2. The second kappa shape index (κ2) is 7.67. The van der Waals surface area contributed by atoms with Gasteiger partial charge in [-0.2, -0.15) is 0 Å². The number of carbonyl (C=O) groups is 1. The van der Waals surface area contributed by atoms with Crippen LogP contribution in [-0.4, -0.2) is 39.6 Å². The van der Waals surface area contributed by atoms with Gasteiger partial charge >= 0.3 is 5.97 Å². The van der Waals surface area contributed by atoms with Crippen molar-refractivity contribution in [3.8, 4) is 0 Å². The third-order valence-corrected chi connectivity index (χ3v) is 6.75. The summed E-state index contributed by atoms with van der Waals surface area (Å²) in [4.78, 5) is 19.5. The summed E-state index contributed by atoms with van der Waals surface area (Å²) in [5.41, 5.74) is 2.60. The summed E-state index contributed by atoms with van der Waals surface area (Å²) in [5.74, 6) is -0.468. The smallest absolute Gasteiger partial charge is 0.312 e. The van der Waals surface area contributed by atoms with Crippen LogP contribution in [0.1, 0.15) is 24.8 Å². The predicted octanol–water partition coefficient (Wildman–Crippen LogP) is 4.43. The molecule has 2 saturated heterocycles. The zero-order valence-electron chi connectivity index (χ0n) is 16.6. The van der Waals surface area contributed by atoms with E-state index in [1.165, 1.54) is 6.07 Å². The van der Waals surface area contributed by atoms with E-state index in [1.807, 2.05) is 30.6 Å². The van der Waals surface area contributed by atoms with Gasteiger partial charge in [0.1, 0.15) is 11.9 Å². The Bertz CT molecular complexity index is 1090. The quantitative estimate of drug-likeness (QED) is 0.578. The number of halogens is 2. The Labute approximate surface area is 179 Å². The maximum absolute atomic E-state index is 13.4. The number of nitrogens with zero attached hydrogens (tertiary/aromatic N) is 3. The average molecular weight is 428 g/mol. The van der Waals surface area contributed by atoms with E-state index in [2.05, 4.69) is 14.5 Å². The van der Waals surface area contributed by atoms with Gasteiger partial charge in [0.2, 0.25) is 0 Å². The molecule has 1 unspecified atom stereocenters. The van der Waals surface area contributed by atoms with Crippen molar-refractivity contribution >= 4 is 28.6 Å². The molecule has 0 N–H and O–H groups in total. The molecular formula is C23H23ClFN3O2. The van der Waals surface area contributed by atoms with Gasteiger partial charge in [-0.05, 0) is 55.8 Å². The molecule has 156 valence electrons. The van der Waals surface area contributed by atoms with E-state index < -0.39 is 11.2 Å². The molecular weight excluding hydrogens is 405 g/mol. The lowest BCUT2D eigenvalue weighted by atomic mass is 9.76. The summed E-state index contributed by atoms with van der Waals surface area (Å²) >= 11 is 5.90. The highest BCUT2D eigenvalue weighted by Gasteiger charge is 2.50. The molecule has 5 rings (SSSR count). The molecule has 3 aromatic rings. The maximum atomic E-state index is 13.4. The number of piperidine rings is 1. The SMILES string of the molecule is O=C1OC(Cn2cnc3ccccc32)CC12CCN(Cc1ccc(F)c(Cl)c1)CC2. The fraction of sp³-hybridized carbons (Fsp3) is 0.391. The lowest BCUT2D eigenvalue weighted by Gasteiger charge is -2.36. The van der Waals surface area contributed by atoms with Gasteiger partial charge in [-0.1, -0.05) is 29.8 Å². The third-order valence-electron chi connectivity index (χ3n) is 6.46. The molecule has 3 heterocycles.